The molecule has 1 heterocycles. The lowest BCUT2D eigenvalue weighted by Crippen LogP contribution is -2.38. The molecule has 0 aromatic heterocycles. The van der Waals surface area contributed by atoms with Crippen molar-refractivity contribution in [2.75, 3.05) is 24.0 Å². The van der Waals surface area contributed by atoms with Crippen LogP contribution in [0.2, 0.25) is 0 Å². The van der Waals surface area contributed by atoms with Gasteiger partial charge in [-0.15, -0.1) is 0 Å². The number of nitrogens with two attached hydrogens (primary N) is 1. The number of hydrogen-bond donors (Lipinski definition) is 2. The summed E-state index contributed by atoms with van der Waals surface area (Å²) in [4.78, 5) is 13.7. The van der Waals surface area contributed by atoms with E-state index in [-0.39, 0.29) is 28.8 Å². The van der Waals surface area contributed by atoms with Crippen LogP contribution >= 0.6 is 0 Å². The fourth-order valence-electron chi connectivity index (χ4n) is 2.29. The molecule has 0 saturated carbocycles. The number of nitrogens with zero attached hydrogens (tertiary/aromatic N) is 1. The Labute approximate surface area is 116 Å². The second-order valence-electron chi connectivity index (χ2n) is 4.78. The average Bonchev–Trinajstić information content (AvgIpc) is 2.77. The predicted octanol–water partition coefficient (Wildman–Crippen LogP) is 0.370. The zero-order valence-corrected chi connectivity index (χ0v) is 11.8. The van der Waals surface area contributed by atoms with Crippen LogP contribution in [0.3, 0.4) is 0 Å². The van der Waals surface area contributed by atoms with E-state index in [0.717, 1.165) is 0 Å². The molecule has 3 N–H and O–H groups in total. The van der Waals surface area contributed by atoms with E-state index in [4.69, 9.17) is 5.84 Å². The molecule has 1 atom stereocenters. The molecule has 0 spiro atoms. The Balaban J connectivity index is 2.26. The summed E-state index contributed by atoms with van der Waals surface area (Å²) < 4.78 is 36.5. The Hall–Kier alpha value is -1.67. The van der Waals surface area contributed by atoms with E-state index < -0.39 is 21.6 Å². The fourth-order valence-corrected chi connectivity index (χ4v) is 4.06. The first-order valence-electron chi connectivity index (χ1n) is 6.08. The molecule has 1 saturated heterocycles. The van der Waals surface area contributed by atoms with Crippen molar-refractivity contribution in [1.82, 2.24) is 4.90 Å². The molecule has 1 aliphatic heterocycles. The number of halogens is 1. The lowest BCUT2D eigenvalue weighted by molar-refractivity contribution is 0.0748. The summed E-state index contributed by atoms with van der Waals surface area (Å²) in [5.41, 5.74) is 2.16. The molecular weight excluding hydrogens is 285 g/mol. The van der Waals surface area contributed by atoms with Gasteiger partial charge < -0.3 is 10.3 Å². The third-order valence-corrected chi connectivity index (χ3v) is 5.22. The molecule has 1 fully saturated rings. The molecule has 1 aliphatic rings. The maximum atomic E-state index is 13.6. The van der Waals surface area contributed by atoms with E-state index in [2.05, 4.69) is 5.43 Å². The molecule has 1 aromatic rings. The van der Waals surface area contributed by atoms with Gasteiger partial charge in [-0.3, -0.25) is 10.6 Å². The van der Waals surface area contributed by atoms with E-state index in [0.29, 0.717) is 6.42 Å². The molecular formula is C12H16FN3O3S. The number of carbonyl (C=O) groups is 1. The topological polar surface area (TPSA) is 92.5 Å². The van der Waals surface area contributed by atoms with Gasteiger partial charge in [0.05, 0.1) is 22.8 Å². The number of nitrogens with one attached hydrogen (secondary N) is 1. The largest absolute Gasteiger partial charge is 0.338 e. The Morgan fingerprint density at radius 2 is 2.20 bits per heavy atom. The number of amides is 1. The van der Waals surface area contributed by atoms with Gasteiger partial charge in [0, 0.05) is 13.1 Å². The minimum absolute atomic E-state index is 0.0596. The van der Waals surface area contributed by atoms with Crippen LogP contribution in [0.4, 0.5) is 10.1 Å². The van der Waals surface area contributed by atoms with Crippen molar-refractivity contribution in [3.05, 3.63) is 29.6 Å². The number of hydrogen-bond acceptors (Lipinski definition) is 5. The summed E-state index contributed by atoms with van der Waals surface area (Å²) >= 11 is 0. The Morgan fingerprint density at radius 3 is 2.75 bits per heavy atom. The highest BCUT2D eigenvalue weighted by Gasteiger charge is 2.33. The number of sulfone groups is 1. The zero-order valence-electron chi connectivity index (χ0n) is 11.0. The summed E-state index contributed by atoms with van der Waals surface area (Å²) in [7, 11) is -1.58. The molecule has 8 heteroatoms. The number of rotatable bonds is 3. The fraction of sp³-hybridized carbons (Fsp3) is 0.417. The molecule has 6 nitrogen and oxygen atoms in total. The van der Waals surface area contributed by atoms with Crippen LogP contribution in [0.25, 0.3) is 0 Å². The lowest BCUT2D eigenvalue weighted by atomic mass is 10.1. The van der Waals surface area contributed by atoms with Crippen molar-refractivity contribution < 1.29 is 17.6 Å². The monoisotopic (exact) mass is 301 g/mol. The molecule has 1 unspecified atom stereocenters. The van der Waals surface area contributed by atoms with Gasteiger partial charge in [0.1, 0.15) is 5.82 Å². The van der Waals surface area contributed by atoms with Crippen LogP contribution < -0.4 is 11.3 Å². The highest BCUT2D eigenvalue weighted by atomic mass is 32.2. The van der Waals surface area contributed by atoms with E-state index in [1.54, 1.807) is 0 Å². The van der Waals surface area contributed by atoms with Crippen LogP contribution in [0.5, 0.6) is 0 Å². The number of anilines is 1. The number of nitrogen functional groups attached to an aromatic ring is 1. The number of para-hydroxylation sites is 1. The first-order chi connectivity index (χ1) is 9.35. The average molecular weight is 301 g/mol. The first-order valence-corrected chi connectivity index (χ1v) is 7.90. The highest BCUT2D eigenvalue weighted by Crippen LogP contribution is 2.23. The van der Waals surface area contributed by atoms with Gasteiger partial charge in [0.2, 0.25) is 0 Å². The van der Waals surface area contributed by atoms with Crippen molar-refractivity contribution >= 4 is 21.4 Å². The molecule has 0 bridgehead atoms. The van der Waals surface area contributed by atoms with Crippen molar-refractivity contribution in [3.63, 3.8) is 0 Å². The third kappa shape index (κ3) is 2.75. The zero-order chi connectivity index (χ0) is 14.9. The van der Waals surface area contributed by atoms with E-state index in [9.17, 15) is 17.6 Å². The maximum absolute atomic E-state index is 13.6. The molecule has 1 aromatic carbocycles. The Kier molecular flexibility index (Phi) is 3.96. The van der Waals surface area contributed by atoms with Crippen LogP contribution in [-0.2, 0) is 9.84 Å². The lowest BCUT2D eigenvalue weighted by Gasteiger charge is -2.24. The Morgan fingerprint density at radius 1 is 1.50 bits per heavy atom. The third-order valence-electron chi connectivity index (χ3n) is 3.46. The van der Waals surface area contributed by atoms with Crippen molar-refractivity contribution in [3.8, 4) is 0 Å². The van der Waals surface area contributed by atoms with Gasteiger partial charge in [-0.25, -0.2) is 12.8 Å². The van der Waals surface area contributed by atoms with Crippen LogP contribution in [0, 0.1) is 5.82 Å². The van der Waals surface area contributed by atoms with Crippen molar-refractivity contribution in [2.45, 2.75) is 12.5 Å². The van der Waals surface area contributed by atoms with E-state index in [1.165, 1.54) is 30.1 Å². The van der Waals surface area contributed by atoms with Crippen LogP contribution in [0.1, 0.15) is 16.8 Å². The van der Waals surface area contributed by atoms with Gasteiger partial charge in [0.25, 0.3) is 5.91 Å². The minimum atomic E-state index is -3.09. The van der Waals surface area contributed by atoms with Gasteiger partial charge in [-0.2, -0.15) is 0 Å². The molecule has 20 heavy (non-hydrogen) atoms. The smallest absolute Gasteiger partial charge is 0.256 e. The van der Waals surface area contributed by atoms with Crippen LogP contribution in [-0.4, -0.2) is 43.8 Å². The summed E-state index contributed by atoms with van der Waals surface area (Å²) in [6.45, 7) is 0. The quantitative estimate of drug-likeness (QED) is 0.621. The number of hydrazine groups is 1. The SMILES string of the molecule is CN(C(=O)c1cccc(F)c1NN)C1CCS(=O)(=O)C1. The van der Waals surface area contributed by atoms with Gasteiger partial charge in [0.15, 0.2) is 9.84 Å². The summed E-state index contributed by atoms with van der Waals surface area (Å²) in [5, 5.41) is 0. The molecule has 2 rings (SSSR count). The molecule has 1 amide bonds. The van der Waals surface area contributed by atoms with E-state index in [1.807, 2.05) is 0 Å². The van der Waals surface area contributed by atoms with Crippen molar-refractivity contribution in [1.29, 1.82) is 0 Å². The minimum Gasteiger partial charge on any atom is -0.338 e. The van der Waals surface area contributed by atoms with Gasteiger partial charge in [-0.1, -0.05) is 6.07 Å². The second kappa shape index (κ2) is 5.37. The normalized spacial score (nSPS) is 20.6. The highest BCUT2D eigenvalue weighted by molar-refractivity contribution is 7.91. The standard InChI is InChI=1S/C12H16FN3O3S/c1-16(8-5-6-20(18,19)7-8)12(17)9-3-2-4-10(13)11(9)15-14/h2-4,8,15H,5-7,14H2,1H3. The predicted molar refractivity (Wildman–Crippen MR) is 73.4 cm³/mol. The molecule has 0 aliphatic carbocycles. The first kappa shape index (κ1) is 14.7. The summed E-state index contributed by atoms with van der Waals surface area (Å²) in [6.07, 6.45) is 0.394. The second-order valence-corrected chi connectivity index (χ2v) is 7.01. The van der Waals surface area contributed by atoms with Crippen molar-refractivity contribution in [2.24, 2.45) is 5.84 Å². The van der Waals surface area contributed by atoms with Gasteiger partial charge >= 0.3 is 0 Å². The summed E-state index contributed by atoms with van der Waals surface area (Å²) in [5.74, 6) is 4.15. The van der Waals surface area contributed by atoms with E-state index >= 15 is 0 Å². The maximum Gasteiger partial charge on any atom is 0.256 e. The number of carbonyl (C=O) groups excluding carboxylic acids is 1. The van der Waals surface area contributed by atoms with Gasteiger partial charge in [-0.05, 0) is 18.6 Å². The number of benzene rings is 1. The van der Waals surface area contributed by atoms with Crippen LogP contribution in [0.15, 0.2) is 18.2 Å². The molecule has 0 radical (unpaired) electrons. The Bertz CT molecular complexity index is 633. The molecule has 110 valence electrons. The summed E-state index contributed by atoms with van der Waals surface area (Å²) in [6, 6.07) is 3.65.